The molecule has 68 valence electrons. The highest BCUT2D eigenvalue weighted by Crippen LogP contribution is 2.23. The summed E-state index contributed by atoms with van der Waals surface area (Å²) >= 11 is 5.62. The average Bonchev–Trinajstić information content (AvgIpc) is 2.04. The van der Waals surface area contributed by atoms with Crippen LogP contribution in [0.25, 0.3) is 0 Å². The van der Waals surface area contributed by atoms with Crippen LogP contribution in [-0.2, 0) is 0 Å². The van der Waals surface area contributed by atoms with E-state index in [-0.39, 0.29) is 16.1 Å². The van der Waals surface area contributed by atoms with Crippen LogP contribution < -0.4 is 0 Å². The van der Waals surface area contributed by atoms with Crippen LogP contribution in [0.4, 0.5) is 4.39 Å². The van der Waals surface area contributed by atoms with Crippen molar-refractivity contribution in [3.63, 3.8) is 0 Å². The maximum absolute atomic E-state index is 13.0. The summed E-state index contributed by atoms with van der Waals surface area (Å²) in [5.41, 5.74) is -0.112. The van der Waals surface area contributed by atoms with Crippen LogP contribution >= 0.6 is 11.6 Å². The Kier molecular flexibility index (Phi) is 2.78. The molecule has 0 bridgehead atoms. The molecule has 1 aromatic rings. The summed E-state index contributed by atoms with van der Waals surface area (Å²) in [5, 5.41) is -0.123. The van der Waals surface area contributed by atoms with Crippen LogP contribution in [-0.4, -0.2) is 12.1 Å². The van der Waals surface area contributed by atoms with E-state index in [1.165, 1.54) is 13.0 Å². The minimum Gasteiger partial charge on any atom is -0.298 e. The predicted octanol–water partition coefficient (Wildman–Crippen LogP) is 2.49. The molecule has 0 atom stereocenters. The summed E-state index contributed by atoms with van der Waals surface area (Å²) < 4.78 is 13.0. The number of rotatable bonds is 2. The Hall–Kier alpha value is -1.22. The van der Waals surface area contributed by atoms with Gasteiger partial charge in [-0.15, -0.1) is 0 Å². The predicted molar refractivity (Wildman–Crippen MR) is 46.8 cm³/mol. The second-order valence-electron chi connectivity index (χ2n) is 2.50. The average molecular weight is 201 g/mol. The lowest BCUT2D eigenvalue weighted by molar-refractivity contribution is 0.101. The van der Waals surface area contributed by atoms with Crippen molar-refractivity contribution in [3.8, 4) is 0 Å². The van der Waals surface area contributed by atoms with Crippen LogP contribution in [0, 0.1) is 5.82 Å². The van der Waals surface area contributed by atoms with Gasteiger partial charge in [-0.2, -0.15) is 0 Å². The smallest absolute Gasteiger partial charge is 0.164 e. The second-order valence-corrected chi connectivity index (χ2v) is 2.88. The second kappa shape index (κ2) is 3.66. The summed E-state index contributed by atoms with van der Waals surface area (Å²) in [6, 6.07) is 2.28. The normalized spacial score (nSPS) is 9.77. The van der Waals surface area contributed by atoms with E-state index >= 15 is 0 Å². The maximum atomic E-state index is 13.0. The molecule has 0 spiro atoms. The summed E-state index contributed by atoms with van der Waals surface area (Å²) in [6.07, 6.45) is 0.480. The van der Waals surface area contributed by atoms with Crippen molar-refractivity contribution in [2.75, 3.05) is 0 Å². The quantitative estimate of drug-likeness (QED) is 0.543. The Morgan fingerprint density at radius 2 is 2.15 bits per heavy atom. The molecular formula is C9H6ClFO2. The Bertz CT molecular complexity index is 374. The molecule has 0 aliphatic rings. The molecule has 13 heavy (non-hydrogen) atoms. The maximum Gasteiger partial charge on any atom is 0.164 e. The number of aldehydes is 1. The van der Waals surface area contributed by atoms with Crippen molar-refractivity contribution in [2.24, 2.45) is 0 Å². The van der Waals surface area contributed by atoms with Gasteiger partial charge in [0.05, 0.1) is 10.6 Å². The fraction of sp³-hybridized carbons (Fsp3) is 0.111. The number of hydrogen-bond acceptors (Lipinski definition) is 2. The largest absolute Gasteiger partial charge is 0.298 e. The minimum absolute atomic E-state index is 0.119. The van der Waals surface area contributed by atoms with E-state index < -0.39 is 11.6 Å². The van der Waals surface area contributed by atoms with Crippen molar-refractivity contribution >= 4 is 23.7 Å². The van der Waals surface area contributed by atoms with E-state index in [0.29, 0.717) is 6.29 Å². The highest BCUT2D eigenvalue weighted by atomic mass is 35.5. The highest BCUT2D eigenvalue weighted by Gasteiger charge is 2.14. The molecular weight excluding hydrogens is 195 g/mol. The molecule has 0 aromatic heterocycles. The van der Waals surface area contributed by atoms with E-state index in [2.05, 4.69) is 0 Å². The third-order valence-corrected chi connectivity index (χ3v) is 2.01. The van der Waals surface area contributed by atoms with E-state index in [0.717, 1.165) is 6.07 Å². The molecule has 0 amide bonds. The van der Waals surface area contributed by atoms with Crippen molar-refractivity contribution in [1.29, 1.82) is 0 Å². The number of ketones is 1. The number of halogens is 2. The summed E-state index contributed by atoms with van der Waals surface area (Å²) in [6.45, 7) is 1.19. The Balaban J connectivity index is 3.47. The number of Topliss-reactive ketones (excluding diaryl/α,β-unsaturated/α-hetero) is 1. The van der Waals surface area contributed by atoms with Gasteiger partial charge in [-0.25, -0.2) is 4.39 Å². The third kappa shape index (κ3) is 1.75. The SMILES string of the molecule is CC(=O)c1c(F)ccc(C=O)c1Cl. The zero-order valence-corrected chi connectivity index (χ0v) is 7.56. The molecule has 0 aliphatic carbocycles. The van der Waals surface area contributed by atoms with Gasteiger partial charge in [0, 0.05) is 5.56 Å². The van der Waals surface area contributed by atoms with Gasteiger partial charge in [-0.1, -0.05) is 11.6 Å². The van der Waals surface area contributed by atoms with Gasteiger partial charge in [0.25, 0.3) is 0 Å². The lowest BCUT2D eigenvalue weighted by Gasteiger charge is -2.03. The zero-order valence-electron chi connectivity index (χ0n) is 6.80. The van der Waals surface area contributed by atoms with Crippen LogP contribution in [0.5, 0.6) is 0 Å². The molecule has 0 saturated carbocycles. The minimum atomic E-state index is -0.705. The van der Waals surface area contributed by atoms with E-state index in [4.69, 9.17) is 11.6 Å². The first-order valence-corrected chi connectivity index (χ1v) is 3.90. The first-order chi connectivity index (χ1) is 6.07. The molecule has 0 aliphatic heterocycles. The van der Waals surface area contributed by atoms with Crippen LogP contribution in [0.2, 0.25) is 5.02 Å². The van der Waals surface area contributed by atoms with Gasteiger partial charge >= 0.3 is 0 Å². The van der Waals surface area contributed by atoms with Crippen molar-refractivity contribution in [3.05, 3.63) is 34.1 Å². The standard InChI is InChI=1S/C9H6ClFO2/c1-5(13)8-7(11)3-2-6(4-12)9(8)10/h2-4H,1H3. The van der Waals surface area contributed by atoms with Gasteiger partial charge in [0.2, 0.25) is 0 Å². The van der Waals surface area contributed by atoms with Gasteiger partial charge < -0.3 is 0 Å². The summed E-state index contributed by atoms with van der Waals surface area (Å²) in [5.74, 6) is -1.20. The third-order valence-electron chi connectivity index (χ3n) is 1.60. The first kappa shape index (κ1) is 9.86. The summed E-state index contributed by atoms with van der Waals surface area (Å²) in [7, 11) is 0. The number of hydrogen-bond donors (Lipinski definition) is 0. The van der Waals surface area contributed by atoms with E-state index in [1.807, 2.05) is 0 Å². The van der Waals surface area contributed by atoms with Crippen molar-refractivity contribution in [2.45, 2.75) is 6.92 Å². The van der Waals surface area contributed by atoms with Gasteiger partial charge in [0.1, 0.15) is 5.82 Å². The van der Waals surface area contributed by atoms with Crippen LogP contribution in [0.1, 0.15) is 27.6 Å². The van der Waals surface area contributed by atoms with Gasteiger partial charge in [-0.3, -0.25) is 9.59 Å². The van der Waals surface area contributed by atoms with Gasteiger partial charge in [0.15, 0.2) is 12.1 Å². The van der Waals surface area contributed by atoms with Gasteiger partial charge in [-0.05, 0) is 19.1 Å². The summed E-state index contributed by atoms with van der Waals surface area (Å²) in [4.78, 5) is 21.3. The lowest BCUT2D eigenvalue weighted by Crippen LogP contribution is -2.00. The molecule has 1 aromatic carbocycles. The first-order valence-electron chi connectivity index (χ1n) is 3.52. The highest BCUT2D eigenvalue weighted by molar-refractivity contribution is 6.36. The van der Waals surface area contributed by atoms with Crippen molar-refractivity contribution < 1.29 is 14.0 Å². The fourth-order valence-corrected chi connectivity index (χ4v) is 1.31. The van der Waals surface area contributed by atoms with E-state index in [1.54, 1.807) is 0 Å². The fourth-order valence-electron chi connectivity index (χ4n) is 0.982. The number of carbonyl (C=O) groups excluding carboxylic acids is 2. The molecule has 4 heteroatoms. The molecule has 0 radical (unpaired) electrons. The van der Waals surface area contributed by atoms with Crippen LogP contribution in [0.3, 0.4) is 0 Å². The van der Waals surface area contributed by atoms with E-state index in [9.17, 15) is 14.0 Å². The molecule has 0 unspecified atom stereocenters. The zero-order chi connectivity index (χ0) is 10.0. The number of benzene rings is 1. The monoisotopic (exact) mass is 200 g/mol. The number of carbonyl (C=O) groups is 2. The lowest BCUT2D eigenvalue weighted by atomic mass is 10.1. The Morgan fingerprint density at radius 3 is 2.62 bits per heavy atom. The molecule has 0 N–H and O–H groups in total. The molecule has 0 fully saturated rings. The Morgan fingerprint density at radius 1 is 1.54 bits per heavy atom. The topological polar surface area (TPSA) is 34.1 Å². The molecule has 0 saturated heterocycles. The molecule has 0 heterocycles. The van der Waals surface area contributed by atoms with Crippen molar-refractivity contribution in [1.82, 2.24) is 0 Å². The Labute approximate surface area is 79.3 Å². The molecule has 2 nitrogen and oxygen atoms in total. The molecule has 1 rings (SSSR count). The van der Waals surface area contributed by atoms with Crippen LogP contribution in [0.15, 0.2) is 12.1 Å².